The number of ether oxygens (including phenoxy) is 1. The SMILES string of the molecule is COc1ccc(C(O)c2ccc(Cl)cc2Br)cc1Br. The van der Waals surface area contributed by atoms with Crippen LogP contribution in [0.25, 0.3) is 0 Å². The summed E-state index contributed by atoms with van der Waals surface area (Å²) in [5.74, 6) is 0.728. The third-order valence-corrected chi connectivity index (χ3v) is 4.29. The molecule has 1 unspecified atom stereocenters. The Kier molecular flexibility index (Phi) is 4.90. The second-order valence-electron chi connectivity index (χ2n) is 3.96. The zero-order valence-electron chi connectivity index (χ0n) is 10.0. The summed E-state index contributed by atoms with van der Waals surface area (Å²) in [5, 5.41) is 11.0. The van der Waals surface area contributed by atoms with E-state index in [1.807, 2.05) is 18.2 Å². The minimum Gasteiger partial charge on any atom is -0.496 e. The first-order valence-corrected chi connectivity index (χ1v) is 7.45. The molecular weight excluding hydrogens is 395 g/mol. The number of rotatable bonds is 3. The van der Waals surface area contributed by atoms with E-state index < -0.39 is 6.10 Å². The van der Waals surface area contributed by atoms with Crippen molar-refractivity contribution in [2.75, 3.05) is 7.11 Å². The monoisotopic (exact) mass is 404 g/mol. The van der Waals surface area contributed by atoms with Crippen LogP contribution >= 0.6 is 43.5 Å². The van der Waals surface area contributed by atoms with Crippen LogP contribution in [0.4, 0.5) is 0 Å². The molecule has 0 saturated carbocycles. The Morgan fingerprint density at radius 1 is 1.11 bits per heavy atom. The summed E-state index contributed by atoms with van der Waals surface area (Å²) in [5.41, 5.74) is 1.54. The van der Waals surface area contributed by atoms with Gasteiger partial charge in [-0.25, -0.2) is 0 Å². The molecule has 0 aromatic heterocycles. The molecular formula is C14H11Br2ClO2. The first kappa shape index (κ1) is 14.9. The third-order valence-electron chi connectivity index (χ3n) is 2.75. The Bertz CT molecular complexity index is 602. The zero-order valence-corrected chi connectivity index (χ0v) is 14.0. The molecule has 2 aromatic rings. The predicted octanol–water partition coefficient (Wildman–Crippen LogP) is 4.96. The van der Waals surface area contributed by atoms with Gasteiger partial charge in [-0.3, -0.25) is 0 Å². The molecule has 0 bridgehead atoms. The van der Waals surface area contributed by atoms with E-state index in [0.29, 0.717) is 5.02 Å². The van der Waals surface area contributed by atoms with Gasteiger partial charge in [-0.15, -0.1) is 0 Å². The fourth-order valence-corrected chi connectivity index (χ4v) is 3.21. The minimum absolute atomic E-state index is 0.624. The summed E-state index contributed by atoms with van der Waals surface area (Å²) in [7, 11) is 1.60. The second-order valence-corrected chi connectivity index (χ2v) is 6.11. The molecule has 0 fully saturated rings. The standard InChI is InChI=1S/C14H11Br2ClO2/c1-19-13-5-2-8(6-12(13)16)14(18)10-4-3-9(17)7-11(10)15/h2-7,14,18H,1H3. The molecule has 2 rings (SSSR count). The van der Waals surface area contributed by atoms with E-state index in [4.69, 9.17) is 16.3 Å². The molecule has 0 saturated heterocycles. The number of halogens is 3. The largest absolute Gasteiger partial charge is 0.496 e. The van der Waals surface area contributed by atoms with E-state index in [0.717, 1.165) is 25.8 Å². The molecule has 1 atom stereocenters. The van der Waals surface area contributed by atoms with Crippen LogP contribution in [-0.2, 0) is 0 Å². The van der Waals surface area contributed by atoms with Crippen LogP contribution in [0.15, 0.2) is 45.3 Å². The van der Waals surface area contributed by atoms with Crippen LogP contribution in [0, 0.1) is 0 Å². The molecule has 19 heavy (non-hydrogen) atoms. The maximum absolute atomic E-state index is 10.4. The van der Waals surface area contributed by atoms with Crippen molar-refractivity contribution < 1.29 is 9.84 Å². The number of benzene rings is 2. The highest BCUT2D eigenvalue weighted by Gasteiger charge is 2.15. The van der Waals surface area contributed by atoms with Crippen molar-refractivity contribution in [1.29, 1.82) is 0 Å². The van der Waals surface area contributed by atoms with E-state index >= 15 is 0 Å². The molecule has 0 aliphatic heterocycles. The summed E-state index contributed by atoms with van der Waals surface area (Å²) in [4.78, 5) is 0. The maximum atomic E-state index is 10.4. The molecule has 2 aromatic carbocycles. The normalized spacial score (nSPS) is 12.3. The molecule has 0 heterocycles. The van der Waals surface area contributed by atoms with Gasteiger partial charge in [0.25, 0.3) is 0 Å². The van der Waals surface area contributed by atoms with E-state index in [1.165, 1.54) is 0 Å². The van der Waals surface area contributed by atoms with Gasteiger partial charge in [0, 0.05) is 9.50 Å². The molecule has 0 amide bonds. The average Bonchev–Trinajstić information content (AvgIpc) is 2.38. The Morgan fingerprint density at radius 3 is 2.42 bits per heavy atom. The number of hydrogen-bond acceptors (Lipinski definition) is 2. The van der Waals surface area contributed by atoms with Gasteiger partial charge in [-0.2, -0.15) is 0 Å². The average molecular weight is 407 g/mol. The van der Waals surface area contributed by atoms with Crippen molar-refractivity contribution in [3.63, 3.8) is 0 Å². The number of aliphatic hydroxyl groups is 1. The van der Waals surface area contributed by atoms with E-state index in [2.05, 4.69) is 31.9 Å². The van der Waals surface area contributed by atoms with Gasteiger partial charge < -0.3 is 9.84 Å². The fraction of sp³-hybridized carbons (Fsp3) is 0.143. The zero-order chi connectivity index (χ0) is 14.0. The quantitative estimate of drug-likeness (QED) is 0.781. The Balaban J connectivity index is 2.38. The van der Waals surface area contributed by atoms with E-state index in [-0.39, 0.29) is 0 Å². The molecule has 5 heteroatoms. The summed E-state index contributed by atoms with van der Waals surface area (Å²) in [6.07, 6.45) is -0.728. The molecule has 100 valence electrons. The van der Waals surface area contributed by atoms with Gasteiger partial charge >= 0.3 is 0 Å². The molecule has 0 radical (unpaired) electrons. The smallest absolute Gasteiger partial charge is 0.133 e. The predicted molar refractivity (Wildman–Crippen MR) is 83.9 cm³/mol. The Morgan fingerprint density at radius 2 is 1.84 bits per heavy atom. The highest BCUT2D eigenvalue weighted by Crippen LogP contribution is 2.34. The van der Waals surface area contributed by atoms with Crippen molar-refractivity contribution in [3.8, 4) is 5.75 Å². The van der Waals surface area contributed by atoms with Gasteiger partial charge in [0.15, 0.2) is 0 Å². The van der Waals surface area contributed by atoms with Crippen molar-refractivity contribution in [1.82, 2.24) is 0 Å². The van der Waals surface area contributed by atoms with E-state index in [1.54, 1.807) is 25.3 Å². The highest BCUT2D eigenvalue weighted by atomic mass is 79.9. The Hall–Kier alpha value is -0.550. The van der Waals surface area contributed by atoms with Crippen LogP contribution in [0.3, 0.4) is 0 Å². The van der Waals surface area contributed by atoms with Gasteiger partial charge in [-0.05, 0) is 51.3 Å². The molecule has 0 aliphatic carbocycles. The van der Waals surface area contributed by atoms with Crippen LogP contribution in [0.5, 0.6) is 5.75 Å². The summed E-state index contributed by atoms with van der Waals surface area (Å²) < 4.78 is 6.75. The van der Waals surface area contributed by atoms with Crippen molar-refractivity contribution in [2.45, 2.75) is 6.10 Å². The molecule has 2 nitrogen and oxygen atoms in total. The summed E-state index contributed by atoms with van der Waals surface area (Å²) >= 11 is 12.7. The van der Waals surface area contributed by atoms with Gasteiger partial charge in [0.1, 0.15) is 11.9 Å². The number of methoxy groups -OCH3 is 1. The minimum atomic E-state index is -0.728. The van der Waals surface area contributed by atoms with Gasteiger partial charge in [0.2, 0.25) is 0 Å². The van der Waals surface area contributed by atoms with Gasteiger partial charge in [-0.1, -0.05) is 39.7 Å². The van der Waals surface area contributed by atoms with Crippen LogP contribution in [0.1, 0.15) is 17.2 Å². The first-order chi connectivity index (χ1) is 9.02. The van der Waals surface area contributed by atoms with Crippen molar-refractivity contribution in [2.24, 2.45) is 0 Å². The topological polar surface area (TPSA) is 29.5 Å². The number of aliphatic hydroxyl groups excluding tert-OH is 1. The van der Waals surface area contributed by atoms with Crippen molar-refractivity contribution >= 4 is 43.5 Å². The second kappa shape index (κ2) is 6.27. The maximum Gasteiger partial charge on any atom is 0.133 e. The lowest BCUT2D eigenvalue weighted by atomic mass is 10.0. The molecule has 1 N–H and O–H groups in total. The number of hydrogen-bond donors (Lipinski definition) is 1. The lowest BCUT2D eigenvalue weighted by Gasteiger charge is -2.15. The summed E-state index contributed by atoms with van der Waals surface area (Å²) in [6.45, 7) is 0. The highest BCUT2D eigenvalue weighted by molar-refractivity contribution is 9.10. The lowest BCUT2D eigenvalue weighted by Crippen LogP contribution is -2.01. The summed E-state index contributed by atoms with van der Waals surface area (Å²) in [6, 6.07) is 10.8. The van der Waals surface area contributed by atoms with Crippen LogP contribution in [0.2, 0.25) is 5.02 Å². The lowest BCUT2D eigenvalue weighted by molar-refractivity contribution is 0.219. The molecule has 0 aliphatic rings. The van der Waals surface area contributed by atoms with E-state index in [9.17, 15) is 5.11 Å². The Labute approximate surface area is 133 Å². The third kappa shape index (κ3) is 3.31. The van der Waals surface area contributed by atoms with Gasteiger partial charge in [0.05, 0.1) is 11.6 Å². The molecule has 0 spiro atoms. The first-order valence-electron chi connectivity index (χ1n) is 5.49. The van der Waals surface area contributed by atoms with Crippen LogP contribution in [-0.4, -0.2) is 12.2 Å². The van der Waals surface area contributed by atoms with Crippen molar-refractivity contribution in [3.05, 3.63) is 61.5 Å². The fourth-order valence-electron chi connectivity index (χ4n) is 1.76. The van der Waals surface area contributed by atoms with Crippen LogP contribution < -0.4 is 4.74 Å².